The van der Waals surface area contributed by atoms with Gasteiger partial charge in [-0.25, -0.2) is 4.79 Å². The lowest BCUT2D eigenvalue weighted by Crippen LogP contribution is -2.05. The molecule has 0 aliphatic heterocycles. The predicted octanol–water partition coefficient (Wildman–Crippen LogP) is 3.76. The molecule has 0 fully saturated rings. The zero-order valence-corrected chi connectivity index (χ0v) is 15.4. The first kappa shape index (κ1) is 18.5. The van der Waals surface area contributed by atoms with Crippen molar-refractivity contribution in [1.29, 1.82) is 0 Å². The van der Waals surface area contributed by atoms with Gasteiger partial charge in [-0.1, -0.05) is 12.1 Å². The SMILES string of the molecule is CCOC(=O)c1cccc(Cc2cc(COc3ccc(OC)cc3)[nH]n2)c1. The second-order valence-electron chi connectivity index (χ2n) is 5.95. The number of hydrogen-bond acceptors (Lipinski definition) is 5. The van der Waals surface area contributed by atoms with Gasteiger partial charge in [0.25, 0.3) is 0 Å². The molecule has 0 unspecified atom stereocenters. The van der Waals surface area contributed by atoms with Crippen LogP contribution in [0.4, 0.5) is 0 Å². The second kappa shape index (κ2) is 8.89. The Morgan fingerprint density at radius 1 is 1.07 bits per heavy atom. The summed E-state index contributed by atoms with van der Waals surface area (Å²) in [5, 5.41) is 7.31. The van der Waals surface area contributed by atoms with Gasteiger partial charge in [0, 0.05) is 6.42 Å². The summed E-state index contributed by atoms with van der Waals surface area (Å²) in [6.45, 7) is 2.54. The average Bonchev–Trinajstić information content (AvgIpc) is 3.14. The summed E-state index contributed by atoms with van der Waals surface area (Å²) in [4.78, 5) is 11.8. The van der Waals surface area contributed by atoms with Gasteiger partial charge in [0.05, 0.1) is 30.7 Å². The molecule has 27 heavy (non-hydrogen) atoms. The lowest BCUT2D eigenvalue weighted by atomic mass is 10.1. The van der Waals surface area contributed by atoms with Crippen LogP contribution in [0.1, 0.15) is 34.2 Å². The smallest absolute Gasteiger partial charge is 0.338 e. The Kier molecular flexibility index (Phi) is 6.10. The van der Waals surface area contributed by atoms with E-state index >= 15 is 0 Å². The largest absolute Gasteiger partial charge is 0.497 e. The van der Waals surface area contributed by atoms with Crippen LogP contribution in [0.3, 0.4) is 0 Å². The minimum atomic E-state index is -0.310. The maximum Gasteiger partial charge on any atom is 0.338 e. The number of nitrogens with one attached hydrogen (secondary N) is 1. The Morgan fingerprint density at radius 2 is 1.85 bits per heavy atom. The molecule has 1 N–H and O–H groups in total. The van der Waals surface area contributed by atoms with Crippen LogP contribution in [0.15, 0.2) is 54.6 Å². The molecule has 0 saturated heterocycles. The zero-order valence-electron chi connectivity index (χ0n) is 15.4. The number of hydrogen-bond donors (Lipinski definition) is 1. The van der Waals surface area contributed by atoms with Crippen LogP contribution < -0.4 is 9.47 Å². The van der Waals surface area contributed by atoms with Crippen LogP contribution in [-0.4, -0.2) is 29.9 Å². The van der Waals surface area contributed by atoms with Crippen LogP contribution in [0, 0.1) is 0 Å². The van der Waals surface area contributed by atoms with E-state index in [-0.39, 0.29) is 5.97 Å². The number of nitrogens with zero attached hydrogens (tertiary/aromatic N) is 1. The van der Waals surface area contributed by atoms with Crippen LogP contribution in [-0.2, 0) is 17.8 Å². The highest BCUT2D eigenvalue weighted by molar-refractivity contribution is 5.89. The molecular weight excluding hydrogens is 344 g/mol. The number of aromatic amines is 1. The molecule has 2 aromatic carbocycles. The van der Waals surface area contributed by atoms with Gasteiger partial charge in [0.1, 0.15) is 18.1 Å². The van der Waals surface area contributed by atoms with E-state index in [1.807, 2.05) is 48.5 Å². The summed E-state index contributed by atoms with van der Waals surface area (Å²) in [5.41, 5.74) is 3.30. The Labute approximate surface area is 158 Å². The van der Waals surface area contributed by atoms with Gasteiger partial charge in [0.15, 0.2) is 0 Å². The highest BCUT2D eigenvalue weighted by Gasteiger charge is 2.09. The van der Waals surface area contributed by atoms with Crippen LogP contribution in [0.5, 0.6) is 11.5 Å². The number of aromatic nitrogens is 2. The van der Waals surface area contributed by atoms with Gasteiger partial charge in [-0.2, -0.15) is 5.10 Å². The molecule has 0 spiro atoms. The molecule has 0 aliphatic rings. The first-order valence-electron chi connectivity index (χ1n) is 8.74. The third-order valence-corrected chi connectivity index (χ3v) is 3.96. The molecule has 0 aliphatic carbocycles. The van der Waals surface area contributed by atoms with E-state index in [0.717, 1.165) is 28.5 Å². The van der Waals surface area contributed by atoms with Crippen LogP contribution in [0.25, 0.3) is 0 Å². The number of H-pyrrole nitrogens is 1. The van der Waals surface area contributed by atoms with E-state index < -0.39 is 0 Å². The fourth-order valence-corrected chi connectivity index (χ4v) is 2.64. The highest BCUT2D eigenvalue weighted by Crippen LogP contribution is 2.18. The molecule has 1 aromatic heterocycles. The number of esters is 1. The standard InChI is InChI=1S/C21H22N2O4/c1-3-26-21(24)16-6-4-5-15(11-16)12-17-13-18(23-22-17)14-27-20-9-7-19(25-2)8-10-20/h4-11,13H,3,12,14H2,1-2H3,(H,22,23). The topological polar surface area (TPSA) is 73.4 Å². The quantitative estimate of drug-likeness (QED) is 0.615. The highest BCUT2D eigenvalue weighted by atomic mass is 16.5. The van der Waals surface area contributed by atoms with Gasteiger partial charge in [-0.05, 0) is 55.0 Å². The Bertz CT molecular complexity index is 887. The number of ether oxygens (including phenoxy) is 3. The van der Waals surface area contributed by atoms with E-state index in [2.05, 4.69) is 10.2 Å². The molecular formula is C21H22N2O4. The van der Waals surface area contributed by atoms with Crippen molar-refractivity contribution in [3.63, 3.8) is 0 Å². The van der Waals surface area contributed by atoms with Crippen molar-refractivity contribution in [2.45, 2.75) is 20.0 Å². The summed E-state index contributed by atoms with van der Waals surface area (Å²) in [5.74, 6) is 1.24. The second-order valence-corrected chi connectivity index (χ2v) is 5.95. The first-order valence-corrected chi connectivity index (χ1v) is 8.74. The fourth-order valence-electron chi connectivity index (χ4n) is 2.64. The molecule has 3 rings (SSSR count). The maximum atomic E-state index is 11.8. The minimum absolute atomic E-state index is 0.310. The van der Waals surface area contributed by atoms with E-state index in [4.69, 9.17) is 14.2 Å². The Balaban J connectivity index is 1.59. The van der Waals surface area contributed by atoms with Crippen molar-refractivity contribution >= 4 is 5.97 Å². The molecule has 140 valence electrons. The molecule has 6 nitrogen and oxygen atoms in total. The van der Waals surface area contributed by atoms with Gasteiger partial charge in [-0.3, -0.25) is 5.10 Å². The van der Waals surface area contributed by atoms with E-state index in [1.54, 1.807) is 20.1 Å². The van der Waals surface area contributed by atoms with Crippen LogP contribution >= 0.6 is 0 Å². The maximum absolute atomic E-state index is 11.8. The van der Waals surface area contributed by atoms with E-state index in [9.17, 15) is 4.79 Å². The van der Waals surface area contributed by atoms with Crippen molar-refractivity contribution < 1.29 is 19.0 Å². The molecule has 3 aromatic rings. The summed E-state index contributed by atoms with van der Waals surface area (Å²) in [6.07, 6.45) is 0.617. The molecule has 0 radical (unpaired) electrons. The monoisotopic (exact) mass is 366 g/mol. The minimum Gasteiger partial charge on any atom is -0.497 e. The third kappa shape index (κ3) is 5.10. The molecule has 1 heterocycles. The number of rotatable bonds is 8. The van der Waals surface area contributed by atoms with E-state index in [1.165, 1.54) is 0 Å². The van der Waals surface area contributed by atoms with Crippen molar-refractivity contribution in [3.05, 3.63) is 77.1 Å². The predicted molar refractivity (Wildman–Crippen MR) is 101 cm³/mol. The first-order chi connectivity index (χ1) is 13.2. The Hall–Kier alpha value is -3.28. The summed E-state index contributed by atoms with van der Waals surface area (Å²) in [7, 11) is 1.63. The molecule has 0 bridgehead atoms. The van der Waals surface area contributed by atoms with Crippen molar-refractivity contribution in [2.75, 3.05) is 13.7 Å². The van der Waals surface area contributed by atoms with Crippen molar-refractivity contribution in [2.24, 2.45) is 0 Å². The van der Waals surface area contributed by atoms with Gasteiger partial charge in [-0.15, -0.1) is 0 Å². The summed E-state index contributed by atoms with van der Waals surface area (Å²) in [6, 6.07) is 16.8. The van der Waals surface area contributed by atoms with Crippen molar-refractivity contribution in [1.82, 2.24) is 10.2 Å². The lowest BCUT2D eigenvalue weighted by molar-refractivity contribution is 0.0526. The fraction of sp³-hybridized carbons (Fsp3) is 0.238. The number of carbonyl (C=O) groups is 1. The van der Waals surface area contributed by atoms with Crippen molar-refractivity contribution in [3.8, 4) is 11.5 Å². The molecule has 0 atom stereocenters. The normalized spacial score (nSPS) is 10.4. The molecule has 0 amide bonds. The van der Waals surface area contributed by atoms with Crippen LogP contribution in [0.2, 0.25) is 0 Å². The number of benzene rings is 2. The third-order valence-electron chi connectivity index (χ3n) is 3.96. The summed E-state index contributed by atoms with van der Waals surface area (Å²) >= 11 is 0. The van der Waals surface area contributed by atoms with Gasteiger partial charge >= 0.3 is 5.97 Å². The average molecular weight is 366 g/mol. The molecule has 6 heteroatoms. The number of methoxy groups -OCH3 is 1. The van der Waals surface area contributed by atoms with Gasteiger partial charge < -0.3 is 14.2 Å². The lowest BCUT2D eigenvalue weighted by Gasteiger charge is -2.05. The summed E-state index contributed by atoms with van der Waals surface area (Å²) < 4.78 is 15.9. The number of carbonyl (C=O) groups excluding carboxylic acids is 1. The molecule has 0 saturated carbocycles. The van der Waals surface area contributed by atoms with E-state index in [0.29, 0.717) is 25.2 Å². The van der Waals surface area contributed by atoms with Gasteiger partial charge in [0.2, 0.25) is 0 Å². The zero-order chi connectivity index (χ0) is 19.1. The Morgan fingerprint density at radius 3 is 2.59 bits per heavy atom.